The number of methoxy groups -OCH3 is 1. The van der Waals surface area contributed by atoms with Crippen molar-refractivity contribution >= 4 is 17.3 Å². The predicted molar refractivity (Wildman–Crippen MR) is 58.3 cm³/mol. The number of hydrogen-bond donors (Lipinski definition) is 1. The van der Waals surface area contributed by atoms with Crippen LogP contribution < -0.4 is 0 Å². The minimum atomic E-state index is -0.933. The first-order chi connectivity index (χ1) is 7.04. The van der Waals surface area contributed by atoms with Crippen LogP contribution in [0.4, 0.5) is 0 Å². The number of carboxylic acid groups (broad SMARTS) is 1. The van der Waals surface area contributed by atoms with E-state index in [2.05, 4.69) is 18.8 Å². The van der Waals surface area contributed by atoms with Gasteiger partial charge in [0, 0.05) is 30.5 Å². The number of rotatable bonds is 5. The van der Waals surface area contributed by atoms with Crippen molar-refractivity contribution in [1.82, 2.24) is 4.98 Å². The fourth-order valence-corrected chi connectivity index (χ4v) is 2.09. The van der Waals surface area contributed by atoms with Crippen LogP contribution in [-0.2, 0) is 16.0 Å². The Balaban J connectivity index is 2.67. The lowest BCUT2D eigenvalue weighted by Gasteiger charge is -2.07. The Kier molecular flexibility index (Phi) is 4.23. The Morgan fingerprint density at radius 1 is 1.67 bits per heavy atom. The molecule has 0 aromatic carbocycles. The summed E-state index contributed by atoms with van der Waals surface area (Å²) in [7, 11) is 1.41. The number of carboxylic acids is 1. The summed E-state index contributed by atoms with van der Waals surface area (Å²) in [5, 5.41) is 9.84. The molecule has 0 saturated heterocycles. The molecular formula is C10H15NO3S. The number of carbonyl (C=O) groups is 1. The van der Waals surface area contributed by atoms with E-state index in [0.29, 0.717) is 12.3 Å². The van der Waals surface area contributed by atoms with E-state index in [1.54, 1.807) is 17.5 Å². The van der Waals surface area contributed by atoms with E-state index in [9.17, 15) is 4.79 Å². The van der Waals surface area contributed by atoms with E-state index in [1.807, 2.05) is 0 Å². The molecule has 1 atom stereocenters. The van der Waals surface area contributed by atoms with Gasteiger partial charge in [-0.15, -0.1) is 11.3 Å². The van der Waals surface area contributed by atoms with Gasteiger partial charge in [0.2, 0.25) is 0 Å². The molecule has 4 nitrogen and oxygen atoms in total. The second-order valence-corrected chi connectivity index (χ2v) is 4.73. The van der Waals surface area contributed by atoms with Crippen molar-refractivity contribution in [3.8, 4) is 0 Å². The van der Waals surface area contributed by atoms with Gasteiger partial charge in [0.05, 0.1) is 5.01 Å². The molecule has 0 fully saturated rings. The highest BCUT2D eigenvalue weighted by Gasteiger charge is 2.18. The monoisotopic (exact) mass is 229 g/mol. The van der Waals surface area contributed by atoms with Crippen LogP contribution in [-0.4, -0.2) is 29.3 Å². The summed E-state index contributed by atoms with van der Waals surface area (Å²) in [6, 6.07) is 0. The number of hydrogen-bond acceptors (Lipinski definition) is 4. The van der Waals surface area contributed by atoms with Crippen LogP contribution in [0.15, 0.2) is 6.20 Å². The quantitative estimate of drug-likeness (QED) is 0.837. The van der Waals surface area contributed by atoms with Gasteiger partial charge in [-0.1, -0.05) is 13.8 Å². The van der Waals surface area contributed by atoms with Crippen molar-refractivity contribution in [1.29, 1.82) is 0 Å². The lowest BCUT2D eigenvalue weighted by molar-refractivity contribution is -0.148. The van der Waals surface area contributed by atoms with E-state index < -0.39 is 12.1 Å². The largest absolute Gasteiger partial charge is 0.479 e. The number of nitrogens with zero attached hydrogens (tertiary/aromatic N) is 1. The van der Waals surface area contributed by atoms with Crippen molar-refractivity contribution in [2.24, 2.45) is 0 Å². The third-order valence-electron chi connectivity index (χ3n) is 2.01. The summed E-state index contributed by atoms with van der Waals surface area (Å²) < 4.78 is 4.86. The van der Waals surface area contributed by atoms with Crippen molar-refractivity contribution < 1.29 is 14.6 Å². The van der Waals surface area contributed by atoms with E-state index in [1.165, 1.54) is 7.11 Å². The zero-order chi connectivity index (χ0) is 11.4. The van der Waals surface area contributed by atoms with Crippen molar-refractivity contribution in [3.05, 3.63) is 16.1 Å². The van der Waals surface area contributed by atoms with E-state index >= 15 is 0 Å². The summed E-state index contributed by atoms with van der Waals surface area (Å²) in [6.45, 7) is 4.13. The third kappa shape index (κ3) is 3.28. The summed E-state index contributed by atoms with van der Waals surface area (Å²) in [5.74, 6) is -0.549. The van der Waals surface area contributed by atoms with Gasteiger partial charge in [0.25, 0.3) is 0 Å². The van der Waals surface area contributed by atoms with Crippen LogP contribution in [0, 0.1) is 0 Å². The van der Waals surface area contributed by atoms with Crippen molar-refractivity contribution in [2.75, 3.05) is 7.11 Å². The summed E-state index contributed by atoms with van der Waals surface area (Å²) in [5.41, 5.74) is 0. The van der Waals surface area contributed by atoms with Gasteiger partial charge in [0.15, 0.2) is 6.10 Å². The lowest BCUT2D eigenvalue weighted by atomic mass is 10.2. The normalized spacial score (nSPS) is 13.1. The first kappa shape index (κ1) is 12.1. The smallest absolute Gasteiger partial charge is 0.333 e. The molecule has 0 aliphatic carbocycles. The minimum absolute atomic E-state index is 0.384. The van der Waals surface area contributed by atoms with E-state index in [4.69, 9.17) is 9.84 Å². The van der Waals surface area contributed by atoms with Crippen LogP contribution in [0.2, 0.25) is 0 Å². The third-order valence-corrected chi connectivity index (χ3v) is 3.33. The highest BCUT2D eigenvalue weighted by atomic mass is 32.1. The minimum Gasteiger partial charge on any atom is -0.479 e. The molecule has 0 amide bonds. The maximum absolute atomic E-state index is 10.7. The second kappa shape index (κ2) is 5.23. The Labute approximate surface area is 92.9 Å². The van der Waals surface area contributed by atoms with E-state index in [0.717, 1.165) is 9.88 Å². The molecular weight excluding hydrogens is 214 g/mol. The second-order valence-electron chi connectivity index (χ2n) is 3.59. The van der Waals surface area contributed by atoms with Crippen LogP contribution in [0.3, 0.4) is 0 Å². The zero-order valence-corrected chi connectivity index (χ0v) is 9.87. The first-order valence-electron chi connectivity index (χ1n) is 4.74. The van der Waals surface area contributed by atoms with Crippen LogP contribution in [0.25, 0.3) is 0 Å². The average molecular weight is 229 g/mol. The number of aromatic nitrogens is 1. The Morgan fingerprint density at radius 2 is 2.33 bits per heavy atom. The highest BCUT2D eigenvalue weighted by Crippen LogP contribution is 2.22. The first-order valence-corrected chi connectivity index (χ1v) is 5.56. The maximum atomic E-state index is 10.7. The molecule has 0 radical (unpaired) electrons. The summed E-state index contributed by atoms with van der Waals surface area (Å²) in [6.07, 6.45) is 1.34. The average Bonchev–Trinajstić information content (AvgIpc) is 2.61. The standard InChI is InChI=1S/C10H15NO3S/c1-6(2)9-11-5-7(15-9)4-8(14-3)10(12)13/h5-6,8H,4H2,1-3H3,(H,12,13). The Morgan fingerprint density at radius 3 is 2.73 bits per heavy atom. The van der Waals surface area contributed by atoms with E-state index in [-0.39, 0.29) is 0 Å². The Bertz CT molecular complexity index is 335. The molecule has 15 heavy (non-hydrogen) atoms. The SMILES string of the molecule is COC(Cc1cnc(C(C)C)s1)C(=O)O. The predicted octanol–water partition coefficient (Wildman–Crippen LogP) is 1.91. The Hall–Kier alpha value is -0.940. The molecule has 1 aromatic heterocycles. The van der Waals surface area contributed by atoms with Gasteiger partial charge in [-0.3, -0.25) is 0 Å². The topological polar surface area (TPSA) is 59.4 Å². The molecule has 1 N–H and O–H groups in total. The number of thiazole rings is 1. The van der Waals surface area contributed by atoms with Gasteiger partial charge in [0.1, 0.15) is 0 Å². The molecule has 0 aliphatic rings. The molecule has 1 aromatic rings. The zero-order valence-electron chi connectivity index (χ0n) is 9.06. The van der Waals surface area contributed by atoms with Gasteiger partial charge in [-0.05, 0) is 0 Å². The number of aliphatic carboxylic acids is 1. The maximum Gasteiger partial charge on any atom is 0.333 e. The summed E-state index contributed by atoms with van der Waals surface area (Å²) in [4.78, 5) is 15.9. The van der Waals surface area contributed by atoms with Gasteiger partial charge in [-0.2, -0.15) is 0 Å². The van der Waals surface area contributed by atoms with Gasteiger partial charge < -0.3 is 9.84 Å². The summed E-state index contributed by atoms with van der Waals surface area (Å²) >= 11 is 1.55. The fraction of sp³-hybridized carbons (Fsp3) is 0.600. The van der Waals surface area contributed by atoms with Crippen LogP contribution in [0.5, 0.6) is 0 Å². The molecule has 0 aliphatic heterocycles. The fourth-order valence-electron chi connectivity index (χ4n) is 1.14. The van der Waals surface area contributed by atoms with Crippen molar-refractivity contribution in [2.45, 2.75) is 32.3 Å². The number of ether oxygens (including phenoxy) is 1. The molecule has 0 saturated carbocycles. The molecule has 1 heterocycles. The lowest BCUT2D eigenvalue weighted by Crippen LogP contribution is -2.24. The highest BCUT2D eigenvalue weighted by molar-refractivity contribution is 7.11. The molecule has 5 heteroatoms. The van der Waals surface area contributed by atoms with Gasteiger partial charge >= 0.3 is 5.97 Å². The van der Waals surface area contributed by atoms with Gasteiger partial charge in [-0.25, -0.2) is 9.78 Å². The van der Waals surface area contributed by atoms with Crippen molar-refractivity contribution in [3.63, 3.8) is 0 Å². The molecule has 84 valence electrons. The molecule has 0 bridgehead atoms. The molecule has 1 unspecified atom stereocenters. The molecule has 1 rings (SSSR count). The molecule has 0 spiro atoms. The van der Waals surface area contributed by atoms with Crippen LogP contribution >= 0.6 is 11.3 Å². The van der Waals surface area contributed by atoms with Crippen LogP contribution in [0.1, 0.15) is 29.7 Å².